The fourth-order valence-electron chi connectivity index (χ4n) is 3.62. The Hall–Kier alpha value is -3.26. The molecule has 5 rings (SSSR count). The van der Waals surface area contributed by atoms with Crippen LogP contribution < -0.4 is 15.1 Å². The first-order chi connectivity index (χ1) is 15.0. The molecule has 0 saturated carbocycles. The number of fused-ring (bicyclic) bond motifs is 2. The van der Waals surface area contributed by atoms with E-state index >= 15 is 0 Å². The molecule has 0 fully saturated rings. The molecule has 3 heterocycles. The summed E-state index contributed by atoms with van der Waals surface area (Å²) in [6.45, 7) is 4.43. The molecule has 8 heteroatoms. The molecular formula is C23H21N3O4S. The predicted octanol–water partition coefficient (Wildman–Crippen LogP) is 4.34. The molecule has 1 atom stereocenters. The topological polar surface area (TPSA) is 79.4 Å². The molecule has 2 aromatic carbocycles. The monoisotopic (exact) mass is 435 g/mol. The molecule has 0 spiro atoms. The average molecular weight is 436 g/mol. The van der Waals surface area contributed by atoms with Crippen LogP contribution in [0.4, 0.5) is 0 Å². The summed E-state index contributed by atoms with van der Waals surface area (Å²) in [5.41, 5.74) is 3.42. The van der Waals surface area contributed by atoms with Gasteiger partial charge in [0, 0.05) is 24.3 Å². The smallest absolute Gasteiger partial charge is 0.336 e. The van der Waals surface area contributed by atoms with Crippen LogP contribution in [0.5, 0.6) is 11.5 Å². The van der Waals surface area contributed by atoms with Gasteiger partial charge in [-0.25, -0.2) is 4.79 Å². The molecule has 31 heavy (non-hydrogen) atoms. The minimum Gasteiger partial charge on any atom is -0.485 e. The largest absolute Gasteiger partial charge is 0.485 e. The van der Waals surface area contributed by atoms with Gasteiger partial charge in [0.2, 0.25) is 0 Å². The lowest BCUT2D eigenvalue weighted by Crippen LogP contribution is -2.24. The highest BCUT2D eigenvalue weighted by Crippen LogP contribution is 2.36. The standard InChI is InChI=1S/C23H21N3O4S/c1-13-8-16-15(10-21(27)30-19(16)9-14(13)2)12-31-23-25-24-22(26(23)3)20-11-28-17-6-4-5-7-18(17)29-20/h4-10,20H,11-12H2,1-3H3. The normalized spacial score (nSPS) is 15.4. The SMILES string of the molecule is Cc1cc2oc(=O)cc(CSc3nnc(C4COc5ccccc5O4)n3C)c2cc1C. The number of rotatable bonds is 4. The summed E-state index contributed by atoms with van der Waals surface area (Å²) in [5.74, 6) is 2.70. The third-order valence-electron chi connectivity index (χ3n) is 5.47. The van der Waals surface area contributed by atoms with Crippen molar-refractivity contribution in [1.29, 1.82) is 0 Å². The van der Waals surface area contributed by atoms with Crippen LogP contribution in [-0.4, -0.2) is 21.4 Å². The van der Waals surface area contributed by atoms with Crippen molar-refractivity contribution >= 4 is 22.7 Å². The summed E-state index contributed by atoms with van der Waals surface area (Å²) in [5, 5.41) is 10.4. The van der Waals surface area contributed by atoms with Gasteiger partial charge in [-0.05, 0) is 54.8 Å². The van der Waals surface area contributed by atoms with E-state index in [0.717, 1.165) is 33.0 Å². The number of nitrogens with zero attached hydrogens (tertiary/aromatic N) is 3. The first kappa shape index (κ1) is 19.7. The Labute approximate surface area is 183 Å². The Bertz CT molecular complexity index is 1340. The van der Waals surface area contributed by atoms with Crippen molar-refractivity contribution in [2.45, 2.75) is 30.9 Å². The summed E-state index contributed by atoms with van der Waals surface area (Å²) >= 11 is 1.52. The third-order valence-corrected chi connectivity index (χ3v) is 6.54. The van der Waals surface area contributed by atoms with Gasteiger partial charge < -0.3 is 18.5 Å². The minimum atomic E-state index is -0.351. The highest BCUT2D eigenvalue weighted by Gasteiger charge is 2.27. The van der Waals surface area contributed by atoms with Gasteiger partial charge in [0.1, 0.15) is 12.2 Å². The Morgan fingerprint density at radius 2 is 1.87 bits per heavy atom. The molecule has 0 amide bonds. The second-order valence-electron chi connectivity index (χ2n) is 7.58. The Balaban J connectivity index is 1.39. The van der Waals surface area contributed by atoms with Crippen molar-refractivity contribution in [3.63, 3.8) is 0 Å². The van der Waals surface area contributed by atoms with Crippen molar-refractivity contribution in [2.75, 3.05) is 6.61 Å². The van der Waals surface area contributed by atoms with Crippen molar-refractivity contribution in [3.05, 3.63) is 75.4 Å². The maximum Gasteiger partial charge on any atom is 0.336 e. The Morgan fingerprint density at radius 3 is 2.71 bits per heavy atom. The van der Waals surface area contributed by atoms with Gasteiger partial charge in [-0.15, -0.1) is 10.2 Å². The zero-order valence-corrected chi connectivity index (χ0v) is 18.2. The zero-order valence-electron chi connectivity index (χ0n) is 17.4. The highest BCUT2D eigenvalue weighted by molar-refractivity contribution is 7.98. The van der Waals surface area contributed by atoms with Gasteiger partial charge in [0.05, 0.1) is 0 Å². The number of aryl methyl sites for hydroxylation is 2. The summed E-state index contributed by atoms with van der Waals surface area (Å²) in [6, 6.07) is 13.1. The maximum absolute atomic E-state index is 12.1. The number of thioether (sulfide) groups is 1. The molecule has 0 saturated heterocycles. The third kappa shape index (κ3) is 3.67. The van der Waals surface area contributed by atoms with E-state index in [1.807, 2.05) is 48.9 Å². The van der Waals surface area contributed by atoms with Crippen LogP contribution in [0.25, 0.3) is 11.0 Å². The Morgan fingerprint density at radius 1 is 1.10 bits per heavy atom. The van der Waals surface area contributed by atoms with Crippen molar-refractivity contribution in [3.8, 4) is 11.5 Å². The van der Waals surface area contributed by atoms with E-state index in [1.165, 1.54) is 11.8 Å². The fourth-order valence-corrected chi connectivity index (χ4v) is 4.53. The van der Waals surface area contributed by atoms with Gasteiger partial charge in [0.25, 0.3) is 0 Å². The van der Waals surface area contributed by atoms with Gasteiger partial charge >= 0.3 is 5.63 Å². The van der Waals surface area contributed by atoms with E-state index in [1.54, 1.807) is 6.07 Å². The van der Waals surface area contributed by atoms with E-state index in [9.17, 15) is 4.79 Å². The summed E-state index contributed by atoms with van der Waals surface area (Å²) < 4.78 is 19.2. The second kappa shape index (κ2) is 7.77. The van der Waals surface area contributed by atoms with Crippen LogP contribution in [-0.2, 0) is 12.8 Å². The quantitative estimate of drug-likeness (QED) is 0.348. The van der Waals surface area contributed by atoms with Crippen molar-refractivity contribution < 1.29 is 13.9 Å². The van der Waals surface area contributed by atoms with Crippen LogP contribution >= 0.6 is 11.8 Å². The number of hydrogen-bond acceptors (Lipinski definition) is 7. The molecule has 1 unspecified atom stereocenters. The lowest BCUT2D eigenvalue weighted by atomic mass is 10.0. The molecule has 0 bridgehead atoms. The molecule has 0 aliphatic carbocycles. The molecule has 1 aliphatic rings. The summed E-state index contributed by atoms with van der Waals surface area (Å²) in [4.78, 5) is 12.1. The van der Waals surface area contributed by atoms with E-state index in [2.05, 4.69) is 23.2 Å². The van der Waals surface area contributed by atoms with Crippen LogP contribution in [0.2, 0.25) is 0 Å². The van der Waals surface area contributed by atoms with Gasteiger partial charge in [-0.3, -0.25) is 0 Å². The average Bonchev–Trinajstić information content (AvgIpc) is 3.13. The number of benzene rings is 2. The van der Waals surface area contributed by atoms with Crippen molar-refractivity contribution in [1.82, 2.24) is 14.8 Å². The van der Waals surface area contributed by atoms with E-state index in [0.29, 0.717) is 29.5 Å². The zero-order chi connectivity index (χ0) is 21.5. The van der Waals surface area contributed by atoms with Gasteiger partial charge in [0.15, 0.2) is 28.6 Å². The van der Waals surface area contributed by atoms with Gasteiger partial charge in [-0.1, -0.05) is 23.9 Å². The number of para-hydroxylation sites is 2. The molecule has 0 N–H and O–H groups in total. The number of aromatic nitrogens is 3. The highest BCUT2D eigenvalue weighted by atomic mass is 32.2. The molecule has 0 radical (unpaired) electrons. The lowest BCUT2D eigenvalue weighted by molar-refractivity contribution is 0.0825. The molecule has 2 aromatic heterocycles. The first-order valence-corrected chi connectivity index (χ1v) is 10.9. The summed E-state index contributed by atoms with van der Waals surface area (Å²) in [7, 11) is 1.91. The lowest BCUT2D eigenvalue weighted by Gasteiger charge is -2.25. The fraction of sp³-hybridized carbons (Fsp3) is 0.261. The second-order valence-corrected chi connectivity index (χ2v) is 8.52. The molecular weight excluding hydrogens is 414 g/mol. The van der Waals surface area contributed by atoms with Crippen molar-refractivity contribution in [2.24, 2.45) is 7.05 Å². The molecule has 158 valence electrons. The van der Waals surface area contributed by atoms with Crippen LogP contribution in [0.1, 0.15) is 28.6 Å². The van der Waals surface area contributed by atoms with E-state index in [4.69, 9.17) is 13.9 Å². The van der Waals surface area contributed by atoms with E-state index < -0.39 is 0 Å². The number of hydrogen-bond donors (Lipinski definition) is 0. The van der Waals surface area contributed by atoms with Crippen LogP contribution in [0, 0.1) is 13.8 Å². The van der Waals surface area contributed by atoms with E-state index in [-0.39, 0.29) is 11.7 Å². The summed E-state index contributed by atoms with van der Waals surface area (Å²) in [6.07, 6.45) is -0.336. The Kier molecular flexibility index (Phi) is 4.94. The predicted molar refractivity (Wildman–Crippen MR) is 118 cm³/mol. The van der Waals surface area contributed by atoms with Gasteiger partial charge in [-0.2, -0.15) is 0 Å². The number of ether oxygens (including phenoxy) is 2. The molecule has 7 nitrogen and oxygen atoms in total. The maximum atomic E-state index is 12.1. The molecule has 4 aromatic rings. The first-order valence-electron chi connectivity index (χ1n) is 9.94. The minimum absolute atomic E-state index is 0.336. The van der Waals surface area contributed by atoms with Crippen LogP contribution in [0.3, 0.4) is 0 Å². The van der Waals surface area contributed by atoms with Crippen LogP contribution in [0.15, 0.2) is 56.8 Å². The molecule has 1 aliphatic heterocycles.